The molecule has 1 heterocycles. The molecule has 3 heteroatoms. The van der Waals surface area contributed by atoms with Crippen LogP contribution in [0.4, 0.5) is 0 Å². The summed E-state index contributed by atoms with van der Waals surface area (Å²) in [5.41, 5.74) is 0. The van der Waals surface area contributed by atoms with Gasteiger partial charge < -0.3 is 10.0 Å². The summed E-state index contributed by atoms with van der Waals surface area (Å²) in [6, 6.07) is 0. The van der Waals surface area contributed by atoms with Crippen molar-refractivity contribution in [2.24, 2.45) is 4.99 Å². The van der Waals surface area contributed by atoms with Crippen LogP contribution >= 0.6 is 0 Å². The number of β-amino-alcohol motifs (C(OH)–C–C–N with tert-alkyl or cyclic N) is 1. The van der Waals surface area contributed by atoms with Crippen molar-refractivity contribution in [1.82, 2.24) is 4.90 Å². The van der Waals surface area contributed by atoms with E-state index in [0.29, 0.717) is 0 Å². The van der Waals surface area contributed by atoms with E-state index in [1.54, 1.807) is 0 Å². The number of aliphatic hydroxyl groups excluding tert-OH is 1. The molecule has 0 spiro atoms. The second-order valence-corrected chi connectivity index (χ2v) is 5.93. The van der Waals surface area contributed by atoms with Crippen LogP contribution in [0.1, 0.15) is 71.1 Å². The molecule has 0 aromatic carbocycles. The molecule has 1 rings (SSSR count). The lowest BCUT2D eigenvalue weighted by molar-refractivity contribution is 0.255. The first-order valence-corrected chi connectivity index (χ1v) is 8.92. The molecule has 0 saturated carbocycles. The predicted octanol–water partition coefficient (Wildman–Crippen LogP) is 4.17. The molecule has 0 aromatic heterocycles. The Balaban J connectivity index is 1.90. The van der Waals surface area contributed by atoms with E-state index in [2.05, 4.69) is 29.0 Å². The Labute approximate surface area is 131 Å². The summed E-state index contributed by atoms with van der Waals surface area (Å²) in [5, 5.41) is 9.00. The van der Waals surface area contributed by atoms with Gasteiger partial charge in [-0.2, -0.15) is 0 Å². The Morgan fingerprint density at radius 2 is 1.76 bits per heavy atom. The fraction of sp³-hybridized carbons (Fsp3) is 0.833. The lowest BCUT2D eigenvalue weighted by atomic mass is 10.1. The lowest BCUT2D eigenvalue weighted by Crippen LogP contribution is -2.30. The molecule has 0 radical (unpaired) electrons. The van der Waals surface area contributed by atoms with Crippen LogP contribution in [0.25, 0.3) is 0 Å². The number of nitrogens with zero attached hydrogens (tertiary/aromatic N) is 2. The molecular weight excluding hydrogens is 260 g/mol. The van der Waals surface area contributed by atoms with Gasteiger partial charge in [-0.1, -0.05) is 44.8 Å². The van der Waals surface area contributed by atoms with Crippen molar-refractivity contribution in [3.05, 3.63) is 12.2 Å². The van der Waals surface area contributed by atoms with Gasteiger partial charge in [-0.25, -0.2) is 0 Å². The number of unbranched alkanes of at least 4 members (excludes halogenated alkanes) is 7. The molecule has 0 amide bonds. The molecule has 0 unspecified atom stereocenters. The van der Waals surface area contributed by atoms with Gasteiger partial charge in [0.05, 0.1) is 19.0 Å². The van der Waals surface area contributed by atoms with E-state index in [9.17, 15) is 0 Å². The van der Waals surface area contributed by atoms with Gasteiger partial charge in [-0.15, -0.1) is 0 Å². The van der Waals surface area contributed by atoms with Crippen LogP contribution in [0.2, 0.25) is 0 Å². The fourth-order valence-electron chi connectivity index (χ4n) is 2.77. The van der Waals surface area contributed by atoms with Crippen molar-refractivity contribution in [3.63, 3.8) is 0 Å². The molecule has 1 N–H and O–H groups in total. The van der Waals surface area contributed by atoms with E-state index in [1.165, 1.54) is 63.6 Å². The van der Waals surface area contributed by atoms with Crippen LogP contribution < -0.4 is 0 Å². The van der Waals surface area contributed by atoms with E-state index in [1.807, 2.05) is 0 Å². The Kier molecular flexibility index (Phi) is 11.2. The SMILES string of the molecule is CCCCC/C=C/CCCCCCC1=NCCN1CCO. The number of aliphatic imine (C=N–C) groups is 1. The molecular formula is C18H34N2O. The quantitative estimate of drug-likeness (QED) is 0.409. The fourth-order valence-corrected chi connectivity index (χ4v) is 2.77. The minimum Gasteiger partial charge on any atom is -0.395 e. The number of amidine groups is 1. The summed E-state index contributed by atoms with van der Waals surface area (Å²) in [6.45, 7) is 5.16. The molecule has 0 aromatic rings. The standard InChI is InChI=1S/C18H34N2O/c1-2-3-4-5-6-7-8-9-10-11-12-13-18-19-14-15-20(18)16-17-21/h6-7,21H,2-5,8-17H2,1H3/b7-6+. The van der Waals surface area contributed by atoms with Gasteiger partial charge in [-0.05, 0) is 32.1 Å². The highest BCUT2D eigenvalue weighted by Crippen LogP contribution is 2.11. The van der Waals surface area contributed by atoms with Crippen molar-refractivity contribution in [1.29, 1.82) is 0 Å². The van der Waals surface area contributed by atoms with Crippen molar-refractivity contribution < 1.29 is 5.11 Å². The van der Waals surface area contributed by atoms with E-state index in [0.717, 1.165) is 26.1 Å². The van der Waals surface area contributed by atoms with Gasteiger partial charge in [0.25, 0.3) is 0 Å². The first-order chi connectivity index (χ1) is 10.4. The summed E-state index contributed by atoms with van der Waals surface area (Å²) in [4.78, 5) is 6.77. The Hall–Kier alpha value is -0.830. The molecule has 3 nitrogen and oxygen atoms in total. The number of aliphatic hydroxyl groups is 1. The minimum absolute atomic E-state index is 0.240. The summed E-state index contributed by atoms with van der Waals surface area (Å²) in [7, 11) is 0. The van der Waals surface area contributed by atoms with Gasteiger partial charge in [0, 0.05) is 19.5 Å². The molecule has 0 aliphatic carbocycles. The van der Waals surface area contributed by atoms with Crippen LogP contribution in [0.3, 0.4) is 0 Å². The van der Waals surface area contributed by atoms with Gasteiger partial charge >= 0.3 is 0 Å². The van der Waals surface area contributed by atoms with E-state index in [-0.39, 0.29) is 6.61 Å². The van der Waals surface area contributed by atoms with Crippen LogP contribution in [0.5, 0.6) is 0 Å². The van der Waals surface area contributed by atoms with Crippen LogP contribution in [-0.2, 0) is 0 Å². The second-order valence-electron chi connectivity index (χ2n) is 5.93. The summed E-state index contributed by atoms with van der Waals surface area (Å²) >= 11 is 0. The van der Waals surface area contributed by atoms with E-state index in [4.69, 9.17) is 5.11 Å². The van der Waals surface area contributed by atoms with Crippen LogP contribution in [0, 0.1) is 0 Å². The third-order valence-corrected chi connectivity index (χ3v) is 4.06. The summed E-state index contributed by atoms with van der Waals surface area (Å²) < 4.78 is 0. The third-order valence-electron chi connectivity index (χ3n) is 4.06. The minimum atomic E-state index is 0.240. The average Bonchev–Trinajstić information content (AvgIpc) is 2.92. The molecule has 21 heavy (non-hydrogen) atoms. The smallest absolute Gasteiger partial charge is 0.0991 e. The average molecular weight is 294 g/mol. The van der Waals surface area contributed by atoms with E-state index >= 15 is 0 Å². The highest BCUT2D eigenvalue weighted by Gasteiger charge is 2.14. The Bertz CT molecular complexity index is 300. The normalized spacial score (nSPS) is 15.1. The predicted molar refractivity (Wildman–Crippen MR) is 91.9 cm³/mol. The van der Waals surface area contributed by atoms with Crippen molar-refractivity contribution in [3.8, 4) is 0 Å². The maximum atomic E-state index is 9.00. The van der Waals surface area contributed by atoms with Crippen molar-refractivity contribution in [2.45, 2.75) is 71.1 Å². The van der Waals surface area contributed by atoms with Crippen molar-refractivity contribution in [2.75, 3.05) is 26.2 Å². The number of hydrogen-bond donors (Lipinski definition) is 1. The van der Waals surface area contributed by atoms with E-state index < -0.39 is 0 Å². The zero-order valence-electron chi connectivity index (χ0n) is 13.9. The third kappa shape index (κ3) is 8.92. The van der Waals surface area contributed by atoms with Crippen LogP contribution in [-0.4, -0.2) is 42.1 Å². The largest absolute Gasteiger partial charge is 0.395 e. The summed E-state index contributed by atoms with van der Waals surface area (Å²) in [5.74, 6) is 1.22. The highest BCUT2D eigenvalue weighted by atomic mass is 16.3. The summed E-state index contributed by atoms with van der Waals surface area (Å²) in [6.07, 6.45) is 17.5. The highest BCUT2D eigenvalue weighted by molar-refractivity contribution is 5.83. The Morgan fingerprint density at radius 3 is 2.48 bits per heavy atom. The first-order valence-electron chi connectivity index (χ1n) is 8.92. The van der Waals surface area contributed by atoms with Gasteiger partial charge in [-0.3, -0.25) is 4.99 Å². The van der Waals surface area contributed by atoms with Gasteiger partial charge in [0.1, 0.15) is 0 Å². The maximum Gasteiger partial charge on any atom is 0.0991 e. The molecule has 1 aliphatic rings. The molecule has 0 fully saturated rings. The molecule has 122 valence electrons. The topological polar surface area (TPSA) is 35.8 Å². The zero-order valence-corrected chi connectivity index (χ0v) is 13.9. The zero-order chi connectivity index (χ0) is 15.2. The molecule has 0 atom stereocenters. The number of hydrogen-bond acceptors (Lipinski definition) is 3. The lowest BCUT2D eigenvalue weighted by Gasteiger charge is -2.18. The maximum absolute atomic E-state index is 9.00. The molecule has 0 saturated heterocycles. The number of rotatable bonds is 13. The number of allylic oxidation sites excluding steroid dienone is 2. The molecule has 0 bridgehead atoms. The second kappa shape index (κ2) is 12.9. The van der Waals surface area contributed by atoms with Gasteiger partial charge in [0.2, 0.25) is 0 Å². The Morgan fingerprint density at radius 1 is 1.05 bits per heavy atom. The molecule has 1 aliphatic heterocycles. The van der Waals surface area contributed by atoms with Crippen molar-refractivity contribution >= 4 is 5.84 Å². The van der Waals surface area contributed by atoms with Gasteiger partial charge in [0.15, 0.2) is 0 Å². The monoisotopic (exact) mass is 294 g/mol. The van der Waals surface area contributed by atoms with Crippen LogP contribution in [0.15, 0.2) is 17.1 Å². The first kappa shape index (κ1) is 18.2.